The predicted molar refractivity (Wildman–Crippen MR) is 88.9 cm³/mol. The molecule has 2 fully saturated rings. The minimum Gasteiger partial charge on any atom is -0.465 e. The lowest BCUT2D eigenvalue weighted by Gasteiger charge is -2.29. The Balaban J connectivity index is 1.73. The molecule has 0 bridgehead atoms. The van der Waals surface area contributed by atoms with Gasteiger partial charge in [-0.05, 0) is 50.1 Å². The van der Waals surface area contributed by atoms with E-state index < -0.39 is 5.97 Å². The number of methoxy groups -OCH3 is 1. The van der Waals surface area contributed by atoms with Crippen molar-refractivity contribution in [3.05, 3.63) is 11.3 Å². The monoisotopic (exact) mass is 337 g/mol. The number of rotatable bonds is 3. The highest BCUT2D eigenvalue weighted by atomic mass is 32.1. The summed E-state index contributed by atoms with van der Waals surface area (Å²) in [7, 11) is 1.33. The highest BCUT2D eigenvalue weighted by Gasteiger charge is 2.36. The third kappa shape index (κ3) is 3.20. The minimum absolute atomic E-state index is 0.117. The van der Waals surface area contributed by atoms with Gasteiger partial charge in [-0.3, -0.25) is 5.32 Å². The number of aryl methyl sites for hydroxylation is 1. The van der Waals surface area contributed by atoms with Crippen LogP contribution in [0.25, 0.3) is 0 Å². The Labute approximate surface area is 140 Å². The molecule has 3 rings (SSSR count). The maximum absolute atomic E-state index is 12.7. The van der Waals surface area contributed by atoms with Gasteiger partial charge >= 0.3 is 12.0 Å². The maximum atomic E-state index is 12.7. The predicted octanol–water partition coefficient (Wildman–Crippen LogP) is 3.42. The average molecular weight is 337 g/mol. The van der Waals surface area contributed by atoms with Gasteiger partial charge in [0.1, 0.15) is 10.6 Å². The number of aromatic nitrogens is 1. The molecule has 0 aromatic carbocycles. The van der Waals surface area contributed by atoms with Gasteiger partial charge in [0.15, 0.2) is 0 Å². The highest BCUT2D eigenvalue weighted by molar-refractivity contribution is 7.11. The molecule has 126 valence electrons. The van der Waals surface area contributed by atoms with Crippen molar-refractivity contribution in [3.63, 3.8) is 0 Å². The Hall–Kier alpha value is -1.63. The second kappa shape index (κ2) is 6.86. The van der Waals surface area contributed by atoms with Crippen molar-refractivity contribution in [2.75, 3.05) is 19.0 Å². The van der Waals surface area contributed by atoms with Crippen LogP contribution in [0.15, 0.2) is 0 Å². The van der Waals surface area contributed by atoms with E-state index in [0.717, 1.165) is 30.9 Å². The zero-order valence-electron chi connectivity index (χ0n) is 13.6. The van der Waals surface area contributed by atoms with E-state index in [-0.39, 0.29) is 6.03 Å². The summed E-state index contributed by atoms with van der Waals surface area (Å²) in [5.41, 5.74) is 0.952. The molecule has 1 aromatic heterocycles. The molecule has 2 aliphatic rings. The number of likely N-dealkylation sites (tertiary alicyclic amines) is 1. The fraction of sp³-hybridized carbons (Fsp3) is 0.688. The second-order valence-electron chi connectivity index (χ2n) is 6.34. The van der Waals surface area contributed by atoms with Crippen molar-refractivity contribution in [2.24, 2.45) is 5.92 Å². The molecular formula is C16H23N3O3S. The van der Waals surface area contributed by atoms with Gasteiger partial charge in [-0.15, -0.1) is 0 Å². The molecule has 1 aromatic rings. The Morgan fingerprint density at radius 1 is 1.26 bits per heavy atom. The van der Waals surface area contributed by atoms with Gasteiger partial charge in [0.2, 0.25) is 0 Å². The lowest BCUT2D eigenvalue weighted by Crippen LogP contribution is -2.42. The third-order valence-corrected chi connectivity index (χ3v) is 5.83. The maximum Gasteiger partial charge on any atom is 0.342 e. The number of esters is 1. The lowest BCUT2D eigenvalue weighted by molar-refractivity contribution is 0.0601. The highest BCUT2D eigenvalue weighted by Crippen LogP contribution is 2.36. The van der Waals surface area contributed by atoms with E-state index in [1.165, 1.54) is 32.8 Å². The summed E-state index contributed by atoms with van der Waals surface area (Å²) < 4.78 is 8.96. The van der Waals surface area contributed by atoms with E-state index in [4.69, 9.17) is 4.74 Å². The van der Waals surface area contributed by atoms with Gasteiger partial charge in [-0.1, -0.05) is 12.8 Å². The van der Waals surface area contributed by atoms with E-state index >= 15 is 0 Å². The fourth-order valence-electron chi connectivity index (χ4n) is 3.84. The van der Waals surface area contributed by atoms with Gasteiger partial charge in [0.05, 0.1) is 12.8 Å². The Bertz CT molecular complexity index is 595. The normalized spacial score (nSPS) is 21.7. The number of nitrogens with one attached hydrogen (secondary N) is 1. The molecule has 1 aliphatic carbocycles. The molecule has 1 unspecified atom stereocenters. The van der Waals surface area contributed by atoms with Crippen LogP contribution in [0.3, 0.4) is 0 Å². The van der Waals surface area contributed by atoms with Crippen molar-refractivity contribution >= 4 is 28.5 Å². The first-order chi connectivity index (χ1) is 11.1. The summed E-state index contributed by atoms with van der Waals surface area (Å²) in [4.78, 5) is 26.5. The third-order valence-electron chi connectivity index (χ3n) is 4.98. The first-order valence-corrected chi connectivity index (χ1v) is 9.01. The zero-order valence-corrected chi connectivity index (χ0v) is 14.4. The molecule has 0 radical (unpaired) electrons. The van der Waals surface area contributed by atoms with Crippen LogP contribution < -0.4 is 5.32 Å². The van der Waals surface area contributed by atoms with Crippen molar-refractivity contribution in [2.45, 2.75) is 51.5 Å². The van der Waals surface area contributed by atoms with Gasteiger partial charge in [0, 0.05) is 12.6 Å². The zero-order chi connectivity index (χ0) is 16.4. The van der Waals surface area contributed by atoms with Gasteiger partial charge < -0.3 is 9.64 Å². The smallest absolute Gasteiger partial charge is 0.342 e. The first-order valence-electron chi connectivity index (χ1n) is 8.24. The van der Waals surface area contributed by atoms with E-state index in [2.05, 4.69) is 9.69 Å². The number of anilines is 1. The van der Waals surface area contributed by atoms with Crippen LogP contribution in [0.2, 0.25) is 0 Å². The Morgan fingerprint density at radius 3 is 2.70 bits per heavy atom. The van der Waals surface area contributed by atoms with Crippen LogP contribution in [-0.2, 0) is 4.74 Å². The number of urea groups is 1. The summed E-state index contributed by atoms with van der Waals surface area (Å²) in [5, 5.41) is 3.37. The molecule has 1 atom stereocenters. The van der Waals surface area contributed by atoms with Gasteiger partial charge in [-0.2, -0.15) is 4.37 Å². The summed E-state index contributed by atoms with van der Waals surface area (Å²) in [5.74, 6) is 0.173. The van der Waals surface area contributed by atoms with Crippen molar-refractivity contribution < 1.29 is 14.3 Å². The van der Waals surface area contributed by atoms with Crippen molar-refractivity contribution in [3.8, 4) is 0 Å². The van der Waals surface area contributed by atoms with E-state index in [0.29, 0.717) is 28.2 Å². The molecule has 2 amide bonds. The van der Waals surface area contributed by atoms with Crippen LogP contribution in [0.4, 0.5) is 9.80 Å². The second-order valence-corrected chi connectivity index (χ2v) is 7.11. The number of hydrogen-bond acceptors (Lipinski definition) is 5. The summed E-state index contributed by atoms with van der Waals surface area (Å²) in [6.07, 6.45) is 7.14. The van der Waals surface area contributed by atoms with E-state index in [1.54, 1.807) is 6.92 Å². The summed E-state index contributed by atoms with van der Waals surface area (Å²) in [6, 6.07) is 0.223. The SMILES string of the molecule is COC(=O)c1c(C)nsc1NC(=O)N1CCCC1C1CCCC1. The molecule has 1 aliphatic heterocycles. The van der Waals surface area contributed by atoms with Crippen LogP contribution in [0.1, 0.15) is 54.6 Å². The van der Waals surface area contributed by atoms with Crippen LogP contribution in [0, 0.1) is 12.8 Å². The molecule has 1 N–H and O–H groups in total. The largest absolute Gasteiger partial charge is 0.465 e. The lowest BCUT2D eigenvalue weighted by atomic mass is 9.96. The van der Waals surface area contributed by atoms with E-state index in [1.807, 2.05) is 4.90 Å². The van der Waals surface area contributed by atoms with Gasteiger partial charge in [-0.25, -0.2) is 9.59 Å². The molecule has 7 heteroatoms. The Morgan fingerprint density at radius 2 is 2.00 bits per heavy atom. The number of amides is 2. The average Bonchev–Trinajstić information content (AvgIpc) is 3.26. The fourth-order valence-corrected chi connectivity index (χ4v) is 4.62. The number of carbonyl (C=O) groups is 2. The quantitative estimate of drug-likeness (QED) is 0.858. The standard InChI is InChI=1S/C16H23N3O3S/c1-10-13(15(20)22-2)14(23-18-10)17-16(21)19-9-5-8-12(19)11-6-3-4-7-11/h11-12H,3-9H2,1-2H3,(H,17,21). The Kier molecular flexibility index (Phi) is 4.84. The molecule has 6 nitrogen and oxygen atoms in total. The van der Waals surface area contributed by atoms with Crippen LogP contribution >= 0.6 is 11.5 Å². The molecular weight excluding hydrogens is 314 g/mol. The summed E-state index contributed by atoms with van der Waals surface area (Å²) in [6.45, 7) is 2.54. The molecule has 1 saturated carbocycles. The summed E-state index contributed by atoms with van der Waals surface area (Å²) >= 11 is 1.13. The van der Waals surface area contributed by atoms with Gasteiger partial charge in [0.25, 0.3) is 0 Å². The minimum atomic E-state index is -0.458. The molecule has 2 heterocycles. The molecule has 23 heavy (non-hydrogen) atoms. The number of carbonyl (C=O) groups excluding carboxylic acids is 2. The van der Waals surface area contributed by atoms with E-state index in [9.17, 15) is 9.59 Å². The number of hydrogen-bond donors (Lipinski definition) is 1. The first kappa shape index (κ1) is 16.2. The van der Waals surface area contributed by atoms with Crippen molar-refractivity contribution in [1.82, 2.24) is 9.27 Å². The van der Waals surface area contributed by atoms with Crippen molar-refractivity contribution in [1.29, 1.82) is 0 Å². The van der Waals surface area contributed by atoms with Crippen LogP contribution in [0.5, 0.6) is 0 Å². The molecule has 0 spiro atoms. The topological polar surface area (TPSA) is 71.5 Å². The van der Waals surface area contributed by atoms with Crippen LogP contribution in [-0.4, -0.2) is 41.0 Å². The number of nitrogens with zero attached hydrogens (tertiary/aromatic N) is 2. The molecule has 1 saturated heterocycles. The number of ether oxygens (including phenoxy) is 1.